The molecule has 0 fully saturated rings. The molecule has 0 aliphatic rings. The monoisotopic (exact) mass is 360 g/mol. The van der Waals surface area contributed by atoms with Gasteiger partial charge < -0.3 is 5.32 Å². The number of carbonyl (C=O) groups excluding carboxylic acids is 1. The molecule has 0 aliphatic heterocycles. The van der Waals surface area contributed by atoms with Crippen molar-refractivity contribution in [3.8, 4) is 0 Å². The van der Waals surface area contributed by atoms with E-state index in [2.05, 4.69) is 10.0 Å². The van der Waals surface area contributed by atoms with E-state index in [4.69, 9.17) is 0 Å². The quantitative estimate of drug-likeness (QED) is 0.830. The van der Waals surface area contributed by atoms with E-state index in [0.29, 0.717) is 16.8 Å². The van der Waals surface area contributed by atoms with Crippen molar-refractivity contribution in [1.82, 2.24) is 4.72 Å². The van der Waals surface area contributed by atoms with Gasteiger partial charge in [-0.15, -0.1) is 0 Å². The largest absolute Gasteiger partial charge is 0.326 e. The van der Waals surface area contributed by atoms with E-state index in [1.54, 1.807) is 13.8 Å². The van der Waals surface area contributed by atoms with Gasteiger partial charge in [-0.2, -0.15) is 0 Å². The molecule has 0 atom stereocenters. The van der Waals surface area contributed by atoms with Gasteiger partial charge in [0, 0.05) is 18.7 Å². The van der Waals surface area contributed by atoms with Crippen molar-refractivity contribution in [1.29, 1.82) is 0 Å². The Kier molecular flexibility index (Phi) is 5.98. The summed E-state index contributed by atoms with van der Waals surface area (Å²) in [6.07, 6.45) is 0.0665. The molecule has 5 nitrogen and oxygen atoms in total. The highest BCUT2D eigenvalue weighted by Crippen LogP contribution is 2.21. The summed E-state index contributed by atoms with van der Waals surface area (Å²) in [5.74, 6) is -0.232. The lowest BCUT2D eigenvalue weighted by molar-refractivity contribution is -0.116. The van der Waals surface area contributed by atoms with Crippen molar-refractivity contribution >= 4 is 21.6 Å². The number of sulfonamides is 1. The summed E-state index contributed by atoms with van der Waals surface area (Å²) in [7, 11) is -3.64. The van der Waals surface area contributed by atoms with Crippen LogP contribution in [0.25, 0.3) is 0 Å². The first kappa shape index (κ1) is 19.1. The van der Waals surface area contributed by atoms with E-state index in [0.717, 1.165) is 11.1 Å². The Morgan fingerprint density at radius 1 is 0.920 bits per heavy atom. The highest BCUT2D eigenvalue weighted by Gasteiger charge is 2.19. The molecular formula is C19H24N2O3S. The molecule has 0 heterocycles. The molecule has 0 unspecified atom stereocenters. The average molecular weight is 360 g/mol. The number of hydrogen-bond donors (Lipinski definition) is 2. The third kappa shape index (κ3) is 5.14. The normalized spacial score (nSPS) is 11.4. The van der Waals surface area contributed by atoms with Gasteiger partial charge in [0.15, 0.2) is 0 Å². The summed E-state index contributed by atoms with van der Waals surface area (Å²) in [6, 6.07) is 11.1. The number of aryl methyl sites for hydroxylation is 4. The number of nitrogens with one attached hydrogen (secondary N) is 2. The van der Waals surface area contributed by atoms with E-state index in [1.807, 2.05) is 50.2 Å². The summed E-state index contributed by atoms with van der Waals surface area (Å²) >= 11 is 0. The van der Waals surface area contributed by atoms with E-state index in [1.165, 1.54) is 0 Å². The van der Waals surface area contributed by atoms with Crippen LogP contribution in [-0.2, 0) is 14.8 Å². The molecule has 0 radical (unpaired) electrons. The Balaban J connectivity index is 1.96. The minimum Gasteiger partial charge on any atom is -0.326 e. The number of rotatable bonds is 6. The molecule has 0 saturated carbocycles. The number of amides is 1. The molecule has 2 rings (SSSR count). The first-order chi connectivity index (χ1) is 11.7. The first-order valence-corrected chi connectivity index (χ1v) is 9.61. The van der Waals surface area contributed by atoms with E-state index in [9.17, 15) is 13.2 Å². The Hall–Kier alpha value is -2.18. The summed E-state index contributed by atoms with van der Waals surface area (Å²) in [5.41, 5.74) is 4.23. The van der Waals surface area contributed by atoms with Gasteiger partial charge in [-0.1, -0.05) is 35.4 Å². The molecule has 0 aliphatic carbocycles. The van der Waals surface area contributed by atoms with Gasteiger partial charge in [-0.3, -0.25) is 4.79 Å². The van der Waals surface area contributed by atoms with Gasteiger partial charge in [0.25, 0.3) is 0 Å². The molecule has 0 aromatic heterocycles. The Bertz CT molecular complexity index is 849. The summed E-state index contributed by atoms with van der Waals surface area (Å²) in [5, 5.41) is 2.75. The SMILES string of the molecule is Cc1ccc(NC(=O)CCNS(=O)(=O)c2c(C)cc(C)cc2C)cc1. The van der Waals surface area contributed by atoms with Crippen molar-refractivity contribution in [3.63, 3.8) is 0 Å². The number of carbonyl (C=O) groups is 1. The highest BCUT2D eigenvalue weighted by molar-refractivity contribution is 7.89. The summed E-state index contributed by atoms with van der Waals surface area (Å²) < 4.78 is 27.6. The minimum atomic E-state index is -3.64. The summed E-state index contributed by atoms with van der Waals surface area (Å²) in [4.78, 5) is 12.2. The maximum absolute atomic E-state index is 12.5. The van der Waals surface area contributed by atoms with Crippen LogP contribution in [0.4, 0.5) is 5.69 Å². The molecule has 0 spiro atoms. The van der Waals surface area contributed by atoms with Crippen LogP contribution in [0.2, 0.25) is 0 Å². The first-order valence-electron chi connectivity index (χ1n) is 8.13. The fraction of sp³-hybridized carbons (Fsp3) is 0.316. The fourth-order valence-electron chi connectivity index (χ4n) is 2.82. The van der Waals surface area contributed by atoms with Crippen LogP contribution in [0, 0.1) is 27.7 Å². The van der Waals surface area contributed by atoms with E-state index < -0.39 is 10.0 Å². The molecule has 6 heteroatoms. The third-order valence-electron chi connectivity index (χ3n) is 3.85. The van der Waals surface area contributed by atoms with Gasteiger partial charge in [0.2, 0.25) is 15.9 Å². The van der Waals surface area contributed by atoms with Crippen molar-refractivity contribution in [2.45, 2.75) is 39.0 Å². The third-order valence-corrected chi connectivity index (χ3v) is 5.62. The topological polar surface area (TPSA) is 75.3 Å². The van der Waals surface area contributed by atoms with Crippen LogP contribution >= 0.6 is 0 Å². The second-order valence-corrected chi connectivity index (χ2v) is 7.99. The lowest BCUT2D eigenvalue weighted by Crippen LogP contribution is -2.29. The Labute approximate surface area is 149 Å². The van der Waals surface area contributed by atoms with E-state index >= 15 is 0 Å². The van der Waals surface area contributed by atoms with Gasteiger partial charge in [0.05, 0.1) is 4.90 Å². The predicted octanol–water partition coefficient (Wildman–Crippen LogP) is 3.23. The van der Waals surface area contributed by atoms with Crippen LogP contribution in [0.3, 0.4) is 0 Å². The minimum absolute atomic E-state index is 0.0484. The van der Waals surface area contributed by atoms with Crippen LogP contribution < -0.4 is 10.0 Å². The fourth-order valence-corrected chi connectivity index (χ4v) is 4.30. The van der Waals surface area contributed by atoms with E-state index in [-0.39, 0.29) is 23.8 Å². The van der Waals surface area contributed by atoms with Gasteiger partial charge >= 0.3 is 0 Å². The lowest BCUT2D eigenvalue weighted by atomic mass is 10.1. The van der Waals surface area contributed by atoms with Gasteiger partial charge in [0.1, 0.15) is 0 Å². The van der Waals surface area contributed by atoms with Crippen molar-refractivity contribution in [2.75, 3.05) is 11.9 Å². The number of hydrogen-bond acceptors (Lipinski definition) is 3. The molecule has 25 heavy (non-hydrogen) atoms. The number of benzene rings is 2. The zero-order chi connectivity index (χ0) is 18.6. The summed E-state index contributed by atoms with van der Waals surface area (Å²) in [6.45, 7) is 7.50. The zero-order valence-electron chi connectivity index (χ0n) is 15.0. The molecule has 2 aromatic rings. The molecular weight excluding hydrogens is 336 g/mol. The molecule has 0 bridgehead atoms. The second-order valence-electron chi connectivity index (χ2n) is 6.29. The Morgan fingerprint density at radius 3 is 2.04 bits per heavy atom. The zero-order valence-corrected chi connectivity index (χ0v) is 15.8. The maximum atomic E-state index is 12.5. The molecule has 0 saturated heterocycles. The standard InChI is InChI=1S/C19H24N2O3S/c1-13-5-7-17(8-6-13)21-18(22)9-10-20-25(23,24)19-15(3)11-14(2)12-16(19)4/h5-8,11-12,20H,9-10H2,1-4H3,(H,21,22). The molecule has 2 aromatic carbocycles. The van der Waals surface area contributed by atoms with Crippen LogP contribution in [0.1, 0.15) is 28.7 Å². The second kappa shape index (κ2) is 7.80. The smallest absolute Gasteiger partial charge is 0.241 e. The average Bonchev–Trinajstić information content (AvgIpc) is 2.48. The van der Waals surface area contributed by atoms with Crippen molar-refractivity contribution in [3.05, 3.63) is 58.7 Å². The molecule has 1 amide bonds. The predicted molar refractivity (Wildman–Crippen MR) is 100 cm³/mol. The van der Waals surface area contributed by atoms with Crippen LogP contribution in [0.5, 0.6) is 0 Å². The maximum Gasteiger partial charge on any atom is 0.241 e. The molecule has 2 N–H and O–H groups in total. The van der Waals surface area contributed by atoms with Crippen LogP contribution in [-0.4, -0.2) is 20.9 Å². The van der Waals surface area contributed by atoms with Crippen LogP contribution in [0.15, 0.2) is 41.3 Å². The van der Waals surface area contributed by atoms with Crippen molar-refractivity contribution in [2.24, 2.45) is 0 Å². The number of anilines is 1. The highest BCUT2D eigenvalue weighted by atomic mass is 32.2. The van der Waals surface area contributed by atoms with Gasteiger partial charge in [-0.25, -0.2) is 13.1 Å². The lowest BCUT2D eigenvalue weighted by Gasteiger charge is -2.13. The van der Waals surface area contributed by atoms with Gasteiger partial charge in [-0.05, 0) is 51.0 Å². The Morgan fingerprint density at radius 2 is 1.48 bits per heavy atom. The van der Waals surface area contributed by atoms with Crippen molar-refractivity contribution < 1.29 is 13.2 Å². The molecule has 134 valence electrons.